The lowest BCUT2D eigenvalue weighted by Gasteiger charge is -2.15. The summed E-state index contributed by atoms with van der Waals surface area (Å²) in [6.45, 7) is 6.42. The minimum Gasteiger partial charge on any atom is -0.494 e. The van der Waals surface area contributed by atoms with Crippen LogP contribution in [0.3, 0.4) is 0 Å². The number of hydrogen-bond acceptors (Lipinski definition) is 5. The Hall–Kier alpha value is -2.95. The first-order chi connectivity index (χ1) is 12.0. The van der Waals surface area contributed by atoms with Crippen molar-refractivity contribution in [1.82, 2.24) is 0 Å². The molecule has 0 heterocycles. The lowest BCUT2D eigenvalue weighted by Crippen LogP contribution is -2.04. The van der Waals surface area contributed by atoms with Crippen molar-refractivity contribution in [2.24, 2.45) is 0 Å². The summed E-state index contributed by atoms with van der Waals surface area (Å²) in [6, 6.07) is 10.4. The first kappa shape index (κ1) is 18.4. The number of Topliss-reactive ketones (excluding diaryl/α,β-unsaturated/α-hetero) is 1. The maximum Gasteiger partial charge on any atom is 0.203 e. The summed E-state index contributed by atoms with van der Waals surface area (Å²) >= 11 is 0. The van der Waals surface area contributed by atoms with Gasteiger partial charge >= 0.3 is 0 Å². The molecule has 0 fully saturated rings. The van der Waals surface area contributed by atoms with Crippen LogP contribution < -0.4 is 18.9 Å². The summed E-state index contributed by atoms with van der Waals surface area (Å²) in [5, 5.41) is 0. The maximum atomic E-state index is 12.7. The fraction of sp³-hybridized carbons (Fsp3) is 0.250. The molecule has 0 bridgehead atoms. The quantitative estimate of drug-likeness (QED) is 0.536. The van der Waals surface area contributed by atoms with Gasteiger partial charge in [0.25, 0.3) is 0 Å². The van der Waals surface area contributed by atoms with Crippen LogP contribution in [0.4, 0.5) is 0 Å². The minimum atomic E-state index is -0.183. The Morgan fingerprint density at radius 3 is 1.92 bits per heavy atom. The van der Waals surface area contributed by atoms with E-state index >= 15 is 0 Å². The molecule has 0 unspecified atom stereocenters. The van der Waals surface area contributed by atoms with E-state index in [0.29, 0.717) is 40.6 Å². The summed E-state index contributed by atoms with van der Waals surface area (Å²) in [5.74, 6) is 1.94. The van der Waals surface area contributed by atoms with Gasteiger partial charge in [-0.1, -0.05) is 6.58 Å². The average molecular weight is 342 g/mol. The number of carbonyl (C=O) groups is 1. The van der Waals surface area contributed by atoms with E-state index in [2.05, 4.69) is 6.58 Å². The highest BCUT2D eigenvalue weighted by molar-refractivity contribution is 6.28. The summed E-state index contributed by atoms with van der Waals surface area (Å²) in [5.41, 5.74) is 1.47. The standard InChI is InChI=1S/C20H22O5/c1-6-25-16-9-7-14(8-10-16)19(21)13(2)15-11-17(22-3)20(24-5)18(12-15)23-4/h7-12H,2,6H2,1,3-5H3. The second kappa shape index (κ2) is 8.24. The molecule has 25 heavy (non-hydrogen) atoms. The predicted molar refractivity (Wildman–Crippen MR) is 97.1 cm³/mol. The first-order valence-electron chi connectivity index (χ1n) is 7.82. The average Bonchev–Trinajstić information content (AvgIpc) is 2.66. The molecular weight excluding hydrogens is 320 g/mol. The molecule has 0 radical (unpaired) electrons. The number of rotatable bonds is 8. The van der Waals surface area contributed by atoms with Crippen LogP contribution in [0.25, 0.3) is 5.57 Å². The number of allylic oxidation sites excluding steroid dienone is 1. The number of carbonyl (C=O) groups excluding carboxylic acids is 1. The van der Waals surface area contributed by atoms with Gasteiger partial charge in [0.05, 0.1) is 27.9 Å². The summed E-state index contributed by atoms with van der Waals surface area (Å²) < 4.78 is 21.3. The molecule has 0 saturated carbocycles. The lowest BCUT2D eigenvalue weighted by atomic mass is 9.97. The molecule has 0 amide bonds. The van der Waals surface area contributed by atoms with Crippen LogP contribution in [0.5, 0.6) is 23.0 Å². The zero-order valence-electron chi connectivity index (χ0n) is 14.9. The Balaban J connectivity index is 2.34. The molecule has 0 aliphatic rings. The van der Waals surface area contributed by atoms with Crippen molar-refractivity contribution < 1.29 is 23.7 Å². The Morgan fingerprint density at radius 1 is 0.920 bits per heavy atom. The number of hydrogen-bond donors (Lipinski definition) is 0. The third-order valence-electron chi connectivity index (χ3n) is 3.71. The van der Waals surface area contributed by atoms with Crippen LogP contribution in [0.1, 0.15) is 22.8 Å². The largest absolute Gasteiger partial charge is 0.494 e. The Kier molecular flexibility index (Phi) is 6.06. The summed E-state index contributed by atoms with van der Waals surface area (Å²) in [4.78, 5) is 12.7. The number of benzene rings is 2. The maximum absolute atomic E-state index is 12.7. The lowest BCUT2D eigenvalue weighted by molar-refractivity contribution is 0.105. The van der Waals surface area contributed by atoms with Gasteiger partial charge in [-0.25, -0.2) is 0 Å². The van der Waals surface area contributed by atoms with E-state index in [0.717, 1.165) is 5.75 Å². The third kappa shape index (κ3) is 3.94. The van der Waals surface area contributed by atoms with E-state index in [9.17, 15) is 4.79 Å². The zero-order valence-corrected chi connectivity index (χ0v) is 14.9. The molecular formula is C20H22O5. The van der Waals surface area contributed by atoms with Crippen LogP contribution in [0, 0.1) is 0 Å². The molecule has 5 heteroatoms. The van der Waals surface area contributed by atoms with E-state index in [1.165, 1.54) is 21.3 Å². The number of methoxy groups -OCH3 is 3. The van der Waals surface area contributed by atoms with Crippen LogP contribution in [0.15, 0.2) is 43.0 Å². The SMILES string of the molecule is C=C(C(=O)c1ccc(OCC)cc1)c1cc(OC)c(OC)c(OC)c1. The van der Waals surface area contributed by atoms with E-state index < -0.39 is 0 Å². The molecule has 0 aliphatic heterocycles. The second-order valence-electron chi connectivity index (χ2n) is 5.18. The number of ketones is 1. The van der Waals surface area contributed by atoms with E-state index in [4.69, 9.17) is 18.9 Å². The normalized spacial score (nSPS) is 10.1. The summed E-state index contributed by atoms with van der Waals surface area (Å²) in [6.07, 6.45) is 0. The smallest absolute Gasteiger partial charge is 0.203 e. The minimum absolute atomic E-state index is 0.183. The molecule has 0 aliphatic carbocycles. The summed E-state index contributed by atoms with van der Waals surface area (Å²) in [7, 11) is 4.58. The van der Waals surface area contributed by atoms with Gasteiger partial charge in [0, 0.05) is 11.1 Å². The third-order valence-corrected chi connectivity index (χ3v) is 3.71. The molecule has 0 aromatic heterocycles. The van der Waals surface area contributed by atoms with Crippen molar-refractivity contribution in [3.8, 4) is 23.0 Å². The molecule has 0 spiro atoms. The van der Waals surface area contributed by atoms with Gasteiger partial charge in [0.2, 0.25) is 5.75 Å². The van der Waals surface area contributed by atoms with Crippen molar-refractivity contribution in [3.05, 3.63) is 54.1 Å². The van der Waals surface area contributed by atoms with Gasteiger partial charge < -0.3 is 18.9 Å². The van der Waals surface area contributed by atoms with E-state index in [1.807, 2.05) is 6.92 Å². The monoisotopic (exact) mass is 342 g/mol. The van der Waals surface area contributed by atoms with E-state index in [1.54, 1.807) is 36.4 Å². The van der Waals surface area contributed by atoms with Crippen molar-refractivity contribution in [1.29, 1.82) is 0 Å². The fourth-order valence-electron chi connectivity index (χ4n) is 2.43. The first-order valence-corrected chi connectivity index (χ1v) is 7.82. The zero-order chi connectivity index (χ0) is 18.4. The van der Waals surface area contributed by atoms with Gasteiger partial charge in [-0.05, 0) is 48.9 Å². The molecule has 132 valence electrons. The van der Waals surface area contributed by atoms with Gasteiger partial charge in [0.1, 0.15) is 5.75 Å². The molecule has 2 aromatic carbocycles. The van der Waals surface area contributed by atoms with Gasteiger partial charge in [0.15, 0.2) is 17.3 Å². The molecule has 2 aromatic rings. The molecule has 0 atom stereocenters. The second-order valence-corrected chi connectivity index (χ2v) is 5.18. The van der Waals surface area contributed by atoms with Gasteiger partial charge in [-0.3, -0.25) is 4.79 Å². The van der Waals surface area contributed by atoms with E-state index in [-0.39, 0.29) is 5.78 Å². The predicted octanol–water partition coefficient (Wildman–Crippen LogP) is 4.01. The Morgan fingerprint density at radius 2 is 1.48 bits per heavy atom. The van der Waals surface area contributed by atoms with Crippen molar-refractivity contribution in [3.63, 3.8) is 0 Å². The molecule has 2 rings (SSSR count). The van der Waals surface area contributed by atoms with Crippen LogP contribution in [-0.2, 0) is 0 Å². The van der Waals surface area contributed by atoms with Gasteiger partial charge in [-0.2, -0.15) is 0 Å². The molecule has 0 N–H and O–H groups in total. The van der Waals surface area contributed by atoms with Crippen LogP contribution in [-0.4, -0.2) is 33.7 Å². The molecule has 0 saturated heterocycles. The van der Waals surface area contributed by atoms with Crippen LogP contribution in [0.2, 0.25) is 0 Å². The highest BCUT2D eigenvalue weighted by Crippen LogP contribution is 2.40. The highest BCUT2D eigenvalue weighted by Gasteiger charge is 2.18. The van der Waals surface area contributed by atoms with Crippen molar-refractivity contribution in [2.45, 2.75) is 6.92 Å². The van der Waals surface area contributed by atoms with Gasteiger partial charge in [-0.15, -0.1) is 0 Å². The fourth-order valence-corrected chi connectivity index (χ4v) is 2.43. The topological polar surface area (TPSA) is 54.0 Å². The van der Waals surface area contributed by atoms with Crippen molar-refractivity contribution >= 4 is 11.4 Å². The van der Waals surface area contributed by atoms with Crippen molar-refractivity contribution in [2.75, 3.05) is 27.9 Å². The molecule has 5 nitrogen and oxygen atoms in total. The number of ether oxygens (including phenoxy) is 4. The Labute approximate surface area is 147 Å². The highest BCUT2D eigenvalue weighted by atomic mass is 16.5. The van der Waals surface area contributed by atoms with Crippen LogP contribution >= 0.6 is 0 Å². The Bertz CT molecular complexity index is 737.